The van der Waals surface area contributed by atoms with Crippen molar-refractivity contribution in [3.05, 3.63) is 0 Å². The zero-order valence-electron chi connectivity index (χ0n) is 9.20. The molecule has 0 fully saturated rings. The molecule has 0 N–H and O–H groups in total. The Kier molecular flexibility index (Phi) is 4.81. The normalized spacial score (nSPS) is 15.9. The van der Waals surface area contributed by atoms with Gasteiger partial charge in [-0.1, -0.05) is 0 Å². The van der Waals surface area contributed by atoms with E-state index in [0.29, 0.717) is 0 Å². The molecule has 22 heavy (non-hydrogen) atoms. The lowest BCUT2D eigenvalue weighted by atomic mass is 9.94. The van der Waals surface area contributed by atoms with Crippen molar-refractivity contribution in [1.82, 2.24) is 0 Å². The van der Waals surface area contributed by atoms with E-state index in [9.17, 15) is 61.9 Å². The minimum Gasteiger partial charge on any atom is -0.274 e. The molecular formula is C7ClF13O. The van der Waals surface area contributed by atoms with Crippen LogP contribution in [-0.4, -0.2) is 41.0 Å². The Morgan fingerprint density at radius 3 is 1.05 bits per heavy atom. The van der Waals surface area contributed by atoms with E-state index >= 15 is 0 Å². The fourth-order valence-corrected chi connectivity index (χ4v) is 1.01. The van der Waals surface area contributed by atoms with Crippen molar-refractivity contribution in [3.8, 4) is 0 Å². The van der Waals surface area contributed by atoms with Gasteiger partial charge < -0.3 is 0 Å². The van der Waals surface area contributed by atoms with Gasteiger partial charge in [0, 0.05) is 0 Å². The molecule has 0 unspecified atom stereocenters. The Hall–Kier alpha value is -0.950. The molecule has 0 bridgehead atoms. The Balaban J connectivity index is 6.29. The van der Waals surface area contributed by atoms with Crippen LogP contribution < -0.4 is 0 Å². The van der Waals surface area contributed by atoms with Crippen LogP contribution in [0.1, 0.15) is 0 Å². The third-order valence-corrected chi connectivity index (χ3v) is 2.42. The van der Waals surface area contributed by atoms with Gasteiger partial charge in [0.25, 0.3) is 5.24 Å². The first-order valence-corrected chi connectivity index (χ1v) is 4.73. The number of hydrogen-bond donors (Lipinski definition) is 0. The van der Waals surface area contributed by atoms with Crippen molar-refractivity contribution in [2.45, 2.75) is 35.8 Å². The summed E-state index contributed by atoms with van der Waals surface area (Å²) in [6.07, 6.45) is -7.49. The quantitative estimate of drug-likeness (QED) is 0.506. The molecule has 0 aliphatic heterocycles. The second-order valence-corrected chi connectivity index (χ2v) is 3.99. The van der Waals surface area contributed by atoms with Crippen LogP contribution in [0.4, 0.5) is 57.1 Å². The van der Waals surface area contributed by atoms with Crippen LogP contribution in [-0.2, 0) is 4.79 Å². The first kappa shape index (κ1) is 21.0. The molecule has 0 radical (unpaired) electrons. The molecule has 0 aromatic rings. The summed E-state index contributed by atoms with van der Waals surface area (Å²) < 4.78 is 160. The lowest BCUT2D eigenvalue weighted by Crippen LogP contribution is -2.70. The third-order valence-electron chi connectivity index (χ3n) is 2.18. The van der Waals surface area contributed by atoms with Gasteiger partial charge in [-0.3, -0.25) is 4.79 Å². The minimum absolute atomic E-state index is 3.68. The lowest BCUT2D eigenvalue weighted by molar-refractivity contribution is -0.435. The fourth-order valence-electron chi connectivity index (χ4n) is 0.893. The van der Waals surface area contributed by atoms with Crippen LogP contribution in [0, 0.1) is 0 Å². The van der Waals surface area contributed by atoms with E-state index in [4.69, 9.17) is 0 Å². The van der Waals surface area contributed by atoms with Gasteiger partial charge in [-0.2, -0.15) is 57.1 Å². The molecule has 0 aliphatic carbocycles. The molecule has 15 heteroatoms. The van der Waals surface area contributed by atoms with Gasteiger partial charge >= 0.3 is 35.8 Å². The van der Waals surface area contributed by atoms with E-state index in [1.807, 2.05) is 0 Å². The van der Waals surface area contributed by atoms with Crippen molar-refractivity contribution >= 4 is 16.8 Å². The molecule has 132 valence electrons. The van der Waals surface area contributed by atoms with Crippen molar-refractivity contribution in [2.24, 2.45) is 0 Å². The molecule has 0 spiro atoms. The molecule has 1 nitrogen and oxygen atoms in total. The first-order valence-electron chi connectivity index (χ1n) is 4.35. The van der Waals surface area contributed by atoms with E-state index in [2.05, 4.69) is 11.6 Å². The molecule has 0 amide bonds. The Morgan fingerprint density at radius 1 is 0.545 bits per heavy atom. The molecular weight excluding hydrogens is 383 g/mol. The maximum absolute atomic E-state index is 12.7. The average Bonchev–Trinajstić information content (AvgIpc) is 2.25. The smallest absolute Gasteiger partial charge is 0.274 e. The number of carbonyl (C=O) groups is 1. The summed E-state index contributed by atoms with van der Waals surface area (Å²) in [6.45, 7) is 0. The number of rotatable bonds is 5. The Labute approximate surface area is 116 Å². The predicted molar refractivity (Wildman–Crippen MR) is 41.6 cm³/mol. The maximum Gasteiger partial charge on any atom is 0.460 e. The van der Waals surface area contributed by atoms with Gasteiger partial charge in [0.1, 0.15) is 0 Å². The molecule has 0 heterocycles. The summed E-state index contributed by atoms with van der Waals surface area (Å²) in [4.78, 5) is 9.88. The summed E-state index contributed by atoms with van der Waals surface area (Å²) in [7, 11) is 0. The Bertz CT molecular complexity index is 450. The highest BCUT2D eigenvalue weighted by molar-refractivity contribution is 6.65. The van der Waals surface area contributed by atoms with Crippen molar-refractivity contribution in [3.63, 3.8) is 0 Å². The van der Waals surface area contributed by atoms with E-state index in [1.165, 1.54) is 0 Å². The van der Waals surface area contributed by atoms with Gasteiger partial charge in [0.15, 0.2) is 0 Å². The van der Waals surface area contributed by atoms with Crippen LogP contribution in [0.2, 0.25) is 0 Å². The highest BCUT2D eigenvalue weighted by atomic mass is 35.5. The summed E-state index contributed by atoms with van der Waals surface area (Å²) in [5.74, 6) is -38.4. The number of carbonyl (C=O) groups excluding carboxylic acids is 1. The molecule has 0 atom stereocenters. The zero-order chi connectivity index (χ0) is 18.6. The predicted octanol–water partition coefficient (Wildman–Crippen LogP) is 4.49. The second kappa shape index (κ2) is 5.03. The van der Waals surface area contributed by atoms with Crippen LogP contribution in [0.15, 0.2) is 0 Å². The molecule has 0 saturated carbocycles. The number of alkyl halides is 13. The van der Waals surface area contributed by atoms with Gasteiger partial charge in [-0.05, 0) is 11.6 Å². The van der Waals surface area contributed by atoms with E-state index < -0.39 is 41.0 Å². The first-order chi connectivity index (χ1) is 9.19. The third kappa shape index (κ3) is 2.48. The number of halogens is 14. The number of hydrogen-bond acceptors (Lipinski definition) is 1. The molecule has 0 aromatic carbocycles. The van der Waals surface area contributed by atoms with Crippen LogP contribution >= 0.6 is 11.6 Å². The van der Waals surface area contributed by atoms with E-state index in [0.717, 1.165) is 0 Å². The summed E-state index contributed by atoms with van der Waals surface area (Å²) in [5.41, 5.74) is 0. The van der Waals surface area contributed by atoms with Crippen molar-refractivity contribution in [1.29, 1.82) is 0 Å². The SMILES string of the molecule is O=C(Cl)C(F)(F)C(F)(F)C(F)(F)C(F)(F)C(F)(F)C(F)(F)F. The Morgan fingerprint density at radius 2 is 0.818 bits per heavy atom. The van der Waals surface area contributed by atoms with E-state index in [1.54, 1.807) is 0 Å². The van der Waals surface area contributed by atoms with Crippen LogP contribution in [0.25, 0.3) is 0 Å². The molecule has 0 aromatic heterocycles. The highest BCUT2D eigenvalue weighted by Crippen LogP contribution is 2.60. The standard InChI is InChI=1S/C7ClF13O/c8-1(22)2(9,10)3(11,12)4(13,14)5(15,16)6(17,18)7(19,20)21. The van der Waals surface area contributed by atoms with Crippen LogP contribution in [0.5, 0.6) is 0 Å². The summed E-state index contributed by atoms with van der Waals surface area (Å²) in [5, 5.41) is -3.68. The fraction of sp³-hybridized carbons (Fsp3) is 0.857. The van der Waals surface area contributed by atoms with Gasteiger partial charge in [-0.25, -0.2) is 0 Å². The van der Waals surface area contributed by atoms with Crippen molar-refractivity contribution in [2.75, 3.05) is 0 Å². The van der Waals surface area contributed by atoms with Gasteiger partial charge in [0.2, 0.25) is 0 Å². The monoisotopic (exact) mass is 382 g/mol. The topological polar surface area (TPSA) is 17.1 Å². The highest BCUT2D eigenvalue weighted by Gasteiger charge is 2.91. The van der Waals surface area contributed by atoms with Crippen LogP contribution in [0.3, 0.4) is 0 Å². The van der Waals surface area contributed by atoms with E-state index in [-0.39, 0.29) is 0 Å². The maximum atomic E-state index is 12.7. The largest absolute Gasteiger partial charge is 0.460 e. The van der Waals surface area contributed by atoms with Gasteiger partial charge in [0.05, 0.1) is 0 Å². The summed E-state index contributed by atoms with van der Waals surface area (Å²) >= 11 is 3.76. The second-order valence-electron chi connectivity index (χ2n) is 3.64. The van der Waals surface area contributed by atoms with Crippen molar-refractivity contribution < 1.29 is 61.9 Å². The molecule has 0 rings (SSSR count). The van der Waals surface area contributed by atoms with Gasteiger partial charge in [-0.15, -0.1) is 0 Å². The molecule has 0 saturated heterocycles. The lowest BCUT2D eigenvalue weighted by Gasteiger charge is -2.38. The minimum atomic E-state index is -8.03. The average molecular weight is 383 g/mol. The molecule has 0 aliphatic rings. The summed E-state index contributed by atoms with van der Waals surface area (Å²) in [6, 6.07) is 0. The zero-order valence-corrected chi connectivity index (χ0v) is 9.96.